The predicted molar refractivity (Wildman–Crippen MR) is 58.1 cm³/mol. The molecule has 0 aromatic carbocycles. The topological polar surface area (TPSA) is 79.3 Å². The molecular weight excluding hydrogens is 247 g/mol. The van der Waals surface area contributed by atoms with E-state index in [1.165, 1.54) is 12.3 Å². The summed E-state index contributed by atoms with van der Waals surface area (Å²) >= 11 is 0. The summed E-state index contributed by atoms with van der Waals surface area (Å²) in [6, 6.07) is 2.37. The highest BCUT2D eigenvalue weighted by Gasteiger charge is 2.42. The van der Waals surface area contributed by atoms with Gasteiger partial charge in [0.1, 0.15) is 0 Å². The number of halogens is 1. The largest absolute Gasteiger partial charge is 0.396 e. The van der Waals surface area contributed by atoms with Crippen molar-refractivity contribution in [3.8, 4) is 0 Å². The zero-order valence-electron chi connectivity index (χ0n) is 9.06. The van der Waals surface area contributed by atoms with Crippen LogP contribution >= 0.6 is 0 Å². The van der Waals surface area contributed by atoms with E-state index in [9.17, 15) is 12.8 Å². The maximum absolute atomic E-state index is 13.3. The Morgan fingerprint density at radius 3 is 2.76 bits per heavy atom. The third kappa shape index (κ3) is 2.62. The van der Waals surface area contributed by atoms with E-state index in [1.807, 2.05) is 0 Å². The lowest BCUT2D eigenvalue weighted by Gasteiger charge is -2.12. The van der Waals surface area contributed by atoms with Gasteiger partial charge in [-0.05, 0) is 25.0 Å². The molecule has 1 aliphatic carbocycles. The Bertz CT molecular complexity index is 514. The van der Waals surface area contributed by atoms with Crippen molar-refractivity contribution in [3.05, 3.63) is 24.1 Å². The standard InChI is InChI=1S/C10H13FN2O3S/c11-8-2-1-5-12-9(8)17(15,16)13-6-10(7-14)3-4-10/h1-2,5,13-14H,3-4,6-7H2. The lowest BCUT2D eigenvalue weighted by molar-refractivity contribution is 0.213. The summed E-state index contributed by atoms with van der Waals surface area (Å²) in [4.78, 5) is 3.51. The first-order valence-corrected chi connectivity index (χ1v) is 6.68. The fraction of sp³-hybridized carbons (Fsp3) is 0.500. The summed E-state index contributed by atoms with van der Waals surface area (Å²) < 4.78 is 39.0. The average Bonchev–Trinajstić information content (AvgIpc) is 3.08. The summed E-state index contributed by atoms with van der Waals surface area (Å²) in [6.45, 7) is 0.0437. The third-order valence-electron chi connectivity index (χ3n) is 2.91. The molecule has 0 aliphatic heterocycles. The highest BCUT2D eigenvalue weighted by molar-refractivity contribution is 7.89. The van der Waals surface area contributed by atoms with Gasteiger partial charge in [0, 0.05) is 24.8 Å². The molecule has 1 aliphatic rings. The minimum atomic E-state index is -3.94. The molecule has 1 aromatic heterocycles. The van der Waals surface area contributed by atoms with Crippen molar-refractivity contribution in [1.29, 1.82) is 0 Å². The summed E-state index contributed by atoms with van der Waals surface area (Å²) in [7, 11) is -3.94. The number of nitrogens with one attached hydrogen (secondary N) is 1. The van der Waals surface area contributed by atoms with Gasteiger partial charge in [-0.15, -0.1) is 0 Å². The third-order valence-corrected chi connectivity index (χ3v) is 4.24. The van der Waals surface area contributed by atoms with Crippen LogP contribution in [0.15, 0.2) is 23.4 Å². The van der Waals surface area contributed by atoms with Gasteiger partial charge in [0.25, 0.3) is 10.0 Å². The lowest BCUT2D eigenvalue weighted by Crippen LogP contribution is -2.32. The number of aromatic nitrogens is 1. The molecular formula is C10H13FN2O3S. The number of hydrogen-bond acceptors (Lipinski definition) is 4. The monoisotopic (exact) mass is 260 g/mol. The Labute approximate surface area is 98.7 Å². The molecule has 2 rings (SSSR count). The van der Waals surface area contributed by atoms with Crippen LogP contribution in [0.2, 0.25) is 0 Å². The molecule has 5 nitrogen and oxygen atoms in total. The molecule has 7 heteroatoms. The number of aliphatic hydroxyl groups is 1. The van der Waals surface area contributed by atoms with Crippen LogP contribution in [0.25, 0.3) is 0 Å². The van der Waals surface area contributed by atoms with Gasteiger partial charge in [-0.2, -0.15) is 0 Å². The van der Waals surface area contributed by atoms with Gasteiger partial charge in [-0.25, -0.2) is 22.5 Å². The number of rotatable bonds is 5. The Morgan fingerprint density at radius 2 is 2.24 bits per heavy atom. The SMILES string of the molecule is O=S(=O)(NCC1(CO)CC1)c1ncccc1F. The second-order valence-electron chi connectivity index (χ2n) is 4.27. The van der Waals surface area contributed by atoms with E-state index in [1.54, 1.807) is 0 Å². The summed E-state index contributed by atoms with van der Waals surface area (Å²) in [5.41, 5.74) is -0.363. The van der Waals surface area contributed by atoms with E-state index in [4.69, 9.17) is 5.11 Å². The maximum Gasteiger partial charge on any atom is 0.261 e. The molecule has 1 aromatic rings. The molecule has 1 heterocycles. The highest BCUT2D eigenvalue weighted by Crippen LogP contribution is 2.44. The van der Waals surface area contributed by atoms with Crippen molar-refractivity contribution < 1.29 is 17.9 Å². The van der Waals surface area contributed by atoms with Crippen molar-refractivity contribution in [1.82, 2.24) is 9.71 Å². The number of aliphatic hydroxyl groups excluding tert-OH is 1. The van der Waals surface area contributed by atoms with Crippen LogP contribution in [0.4, 0.5) is 4.39 Å². The number of nitrogens with zero attached hydrogens (tertiary/aromatic N) is 1. The Morgan fingerprint density at radius 1 is 1.53 bits per heavy atom. The second kappa shape index (κ2) is 4.32. The van der Waals surface area contributed by atoms with Gasteiger partial charge >= 0.3 is 0 Å². The molecule has 2 N–H and O–H groups in total. The Hall–Kier alpha value is -1.05. The summed E-state index contributed by atoms with van der Waals surface area (Å²) in [6.07, 6.45) is 2.77. The van der Waals surface area contributed by atoms with Crippen LogP contribution in [-0.2, 0) is 10.0 Å². The summed E-state index contributed by atoms with van der Waals surface area (Å²) in [5.74, 6) is -0.881. The fourth-order valence-corrected chi connectivity index (χ4v) is 2.61. The second-order valence-corrected chi connectivity index (χ2v) is 5.96. The first-order valence-electron chi connectivity index (χ1n) is 5.20. The molecule has 0 saturated heterocycles. The van der Waals surface area contributed by atoms with Gasteiger partial charge in [0.05, 0.1) is 0 Å². The van der Waals surface area contributed by atoms with E-state index < -0.39 is 20.9 Å². The quantitative estimate of drug-likeness (QED) is 0.796. The maximum atomic E-state index is 13.3. The van der Waals surface area contributed by atoms with Crippen molar-refractivity contribution in [2.45, 2.75) is 17.9 Å². The lowest BCUT2D eigenvalue weighted by atomic mass is 10.1. The van der Waals surface area contributed by atoms with Crippen LogP contribution in [0.1, 0.15) is 12.8 Å². The first-order chi connectivity index (χ1) is 7.99. The number of sulfonamides is 1. The molecule has 1 saturated carbocycles. The van der Waals surface area contributed by atoms with Crippen molar-refractivity contribution in [2.75, 3.05) is 13.2 Å². The highest BCUT2D eigenvalue weighted by atomic mass is 32.2. The summed E-state index contributed by atoms with van der Waals surface area (Å²) in [5, 5.41) is 8.45. The average molecular weight is 260 g/mol. The van der Waals surface area contributed by atoms with E-state index in [2.05, 4.69) is 9.71 Å². The van der Waals surface area contributed by atoms with Gasteiger partial charge < -0.3 is 5.11 Å². The Kier molecular flexibility index (Phi) is 3.15. The van der Waals surface area contributed by atoms with Crippen LogP contribution in [0, 0.1) is 11.2 Å². The van der Waals surface area contributed by atoms with E-state index in [0.717, 1.165) is 18.9 Å². The zero-order chi connectivity index (χ0) is 12.5. The molecule has 0 bridgehead atoms. The van der Waals surface area contributed by atoms with Gasteiger partial charge in [-0.3, -0.25) is 0 Å². The zero-order valence-corrected chi connectivity index (χ0v) is 9.87. The molecule has 0 spiro atoms. The minimum absolute atomic E-state index is 0.0692. The van der Waals surface area contributed by atoms with Crippen LogP contribution in [-0.4, -0.2) is 31.7 Å². The van der Waals surface area contributed by atoms with E-state index in [0.29, 0.717) is 0 Å². The Balaban J connectivity index is 2.12. The molecule has 0 amide bonds. The normalized spacial score (nSPS) is 18.0. The molecule has 17 heavy (non-hydrogen) atoms. The molecule has 0 unspecified atom stereocenters. The smallest absolute Gasteiger partial charge is 0.261 e. The van der Waals surface area contributed by atoms with Crippen molar-refractivity contribution >= 4 is 10.0 Å². The molecule has 0 atom stereocenters. The molecule has 1 fully saturated rings. The first kappa shape index (κ1) is 12.4. The van der Waals surface area contributed by atoms with E-state index >= 15 is 0 Å². The predicted octanol–water partition coefficient (Wildman–Crippen LogP) is 0.271. The van der Waals surface area contributed by atoms with Crippen LogP contribution in [0.5, 0.6) is 0 Å². The van der Waals surface area contributed by atoms with Crippen LogP contribution in [0.3, 0.4) is 0 Å². The van der Waals surface area contributed by atoms with E-state index in [-0.39, 0.29) is 18.6 Å². The molecule has 0 radical (unpaired) electrons. The van der Waals surface area contributed by atoms with Crippen molar-refractivity contribution in [3.63, 3.8) is 0 Å². The van der Waals surface area contributed by atoms with Gasteiger partial charge in [0.2, 0.25) is 5.03 Å². The van der Waals surface area contributed by atoms with Gasteiger partial charge in [-0.1, -0.05) is 0 Å². The van der Waals surface area contributed by atoms with Crippen LogP contribution < -0.4 is 4.72 Å². The fourth-order valence-electron chi connectivity index (χ4n) is 1.45. The number of hydrogen-bond donors (Lipinski definition) is 2. The minimum Gasteiger partial charge on any atom is -0.396 e. The van der Waals surface area contributed by atoms with Crippen molar-refractivity contribution in [2.24, 2.45) is 5.41 Å². The van der Waals surface area contributed by atoms with Gasteiger partial charge in [0.15, 0.2) is 5.82 Å². The molecule has 94 valence electrons. The number of pyridine rings is 1.